The minimum atomic E-state index is -0.132. The number of anilines is 1. The number of aliphatic hydroxyl groups excluding tert-OH is 1. The topological polar surface area (TPSA) is 58.6 Å². The largest absolute Gasteiger partial charge is 0.491 e. The van der Waals surface area contributed by atoms with Crippen LogP contribution in [0.25, 0.3) is 0 Å². The highest BCUT2D eigenvalue weighted by molar-refractivity contribution is 6.31. The van der Waals surface area contributed by atoms with Crippen LogP contribution in [0.4, 0.5) is 5.69 Å². The summed E-state index contributed by atoms with van der Waals surface area (Å²) in [6.45, 7) is 0.217. The Hall–Kier alpha value is -2.04. The molecule has 0 aliphatic heterocycles. The van der Waals surface area contributed by atoms with Crippen LogP contribution in [0.15, 0.2) is 48.5 Å². The summed E-state index contributed by atoms with van der Waals surface area (Å²) in [5, 5.41) is 12.1. The van der Waals surface area contributed by atoms with Crippen molar-refractivity contribution in [3.8, 4) is 5.75 Å². The number of amides is 1. The van der Waals surface area contributed by atoms with Gasteiger partial charge in [-0.1, -0.05) is 29.8 Å². The zero-order chi connectivity index (χ0) is 15.1. The number of hydrogen-bond acceptors (Lipinski definition) is 3. The van der Waals surface area contributed by atoms with E-state index in [4.69, 9.17) is 21.4 Å². The molecule has 0 aromatic heterocycles. The maximum atomic E-state index is 12.0. The molecule has 2 N–H and O–H groups in total. The molecule has 0 aliphatic carbocycles. The average Bonchev–Trinajstić information content (AvgIpc) is 2.49. The highest BCUT2D eigenvalue weighted by atomic mass is 35.5. The Balaban J connectivity index is 1.92. The summed E-state index contributed by atoms with van der Waals surface area (Å²) < 4.78 is 5.25. The normalized spacial score (nSPS) is 10.2. The van der Waals surface area contributed by atoms with Crippen LogP contribution < -0.4 is 10.1 Å². The van der Waals surface area contributed by atoms with Gasteiger partial charge in [0.15, 0.2) is 0 Å². The molecule has 2 rings (SSSR count). The van der Waals surface area contributed by atoms with Gasteiger partial charge in [-0.15, -0.1) is 0 Å². The fraction of sp³-hybridized carbons (Fsp3) is 0.188. The van der Waals surface area contributed by atoms with Gasteiger partial charge in [-0.3, -0.25) is 4.79 Å². The van der Waals surface area contributed by atoms with E-state index in [1.54, 1.807) is 30.3 Å². The first-order chi connectivity index (χ1) is 10.2. The lowest BCUT2D eigenvalue weighted by Gasteiger charge is -2.08. The van der Waals surface area contributed by atoms with Crippen LogP contribution >= 0.6 is 11.6 Å². The zero-order valence-electron chi connectivity index (χ0n) is 11.4. The number of carbonyl (C=O) groups excluding carboxylic acids is 1. The molecule has 0 unspecified atom stereocenters. The van der Waals surface area contributed by atoms with E-state index in [0.717, 1.165) is 5.56 Å². The second-order valence-electron chi connectivity index (χ2n) is 4.41. The average molecular weight is 306 g/mol. The summed E-state index contributed by atoms with van der Waals surface area (Å²) in [7, 11) is 0. The predicted molar refractivity (Wildman–Crippen MR) is 82.8 cm³/mol. The van der Waals surface area contributed by atoms with Crippen molar-refractivity contribution in [1.82, 2.24) is 0 Å². The molecule has 0 fully saturated rings. The SMILES string of the molecule is O=C(Cc1ccccc1Cl)Nc1ccc(OCCO)cc1. The Morgan fingerprint density at radius 3 is 2.52 bits per heavy atom. The maximum Gasteiger partial charge on any atom is 0.228 e. The molecule has 0 radical (unpaired) electrons. The first-order valence-electron chi connectivity index (χ1n) is 6.56. The van der Waals surface area contributed by atoms with Crippen molar-refractivity contribution in [1.29, 1.82) is 0 Å². The van der Waals surface area contributed by atoms with Gasteiger partial charge >= 0.3 is 0 Å². The van der Waals surface area contributed by atoms with Crippen LogP contribution in [0.1, 0.15) is 5.56 Å². The summed E-state index contributed by atoms with van der Waals surface area (Å²) in [4.78, 5) is 12.0. The fourth-order valence-electron chi connectivity index (χ4n) is 1.82. The Morgan fingerprint density at radius 1 is 1.14 bits per heavy atom. The van der Waals surface area contributed by atoms with Crippen molar-refractivity contribution >= 4 is 23.2 Å². The molecule has 0 bridgehead atoms. The number of nitrogens with one attached hydrogen (secondary N) is 1. The van der Waals surface area contributed by atoms with Crippen molar-refractivity contribution in [2.75, 3.05) is 18.5 Å². The van der Waals surface area contributed by atoms with Crippen molar-refractivity contribution < 1.29 is 14.6 Å². The Bertz CT molecular complexity index is 599. The lowest BCUT2D eigenvalue weighted by atomic mass is 10.1. The van der Waals surface area contributed by atoms with Gasteiger partial charge in [0.1, 0.15) is 12.4 Å². The number of halogens is 1. The summed E-state index contributed by atoms with van der Waals surface area (Å²) in [5.41, 5.74) is 1.47. The first kappa shape index (κ1) is 15.4. The van der Waals surface area contributed by atoms with Crippen LogP contribution in [0.3, 0.4) is 0 Å². The van der Waals surface area contributed by atoms with Crippen LogP contribution in [0.2, 0.25) is 5.02 Å². The van der Waals surface area contributed by atoms with Gasteiger partial charge in [0, 0.05) is 10.7 Å². The molecular weight excluding hydrogens is 290 g/mol. The van der Waals surface area contributed by atoms with E-state index in [1.165, 1.54) is 0 Å². The summed E-state index contributed by atoms with van der Waals surface area (Å²) in [6.07, 6.45) is 0.225. The summed E-state index contributed by atoms with van der Waals surface area (Å²) in [5.74, 6) is 0.514. The van der Waals surface area contributed by atoms with Crippen LogP contribution in [-0.4, -0.2) is 24.2 Å². The number of hydrogen-bond donors (Lipinski definition) is 2. The molecule has 0 atom stereocenters. The number of ether oxygens (including phenoxy) is 1. The second kappa shape index (κ2) is 7.67. The van der Waals surface area contributed by atoms with Crippen LogP contribution in [0, 0.1) is 0 Å². The van der Waals surface area contributed by atoms with Gasteiger partial charge in [-0.05, 0) is 35.9 Å². The van der Waals surface area contributed by atoms with Crippen molar-refractivity contribution in [2.24, 2.45) is 0 Å². The molecule has 0 saturated heterocycles. The van der Waals surface area contributed by atoms with Crippen molar-refractivity contribution in [2.45, 2.75) is 6.42 Å². The Kier molecular flexibility index (Phi) is 5.60. The highest BCUT2D eigenvalue weighted by Gasteiger charge is 2.07. The van der Waals surface area contributed by atoms with Gasteiger partial charge in [-0.25, -0.2) is 0 Å². The highest BCUT2D eigenvalue weighted by Crippen LogP contribution is 2.18. The van der Waals surface area contributed by atoms with Crippen LogP contribution in [-0.2, 0) is 11.2 Å². The minimum absolute atomic E-state index is 0.0314. The third-order valence-electron chi connectivity index (χ3n) is 2.81. The van der Waals surface area contributed by atoms with Gasteiger partial charge in [0.05, 0.1) is 13.0 Å². The molecule has 0 saturated carbocycles. The summed E-state index contributed by atoms with van der Waals surface area (Å²) >= 11 is 6.02. The standard InChI is InChI=1S/C16H16ClNO3/c17-15-4-2-1-3-12(15)11-16(20)18-13-5-7-14(8-6-13)21-10-9-19/h1-8,19H,9-11H2,(H,18,20). The predicted octanol–water partition coefficient (Wildman–Crippen LogP) is 2.89. The quantitative estimate of drug-likeness (QED) is 0.863. The molecule has 1 amide bonds. The van der Waals surface area contributed by atoms with E-state index in [9.17, 15) is 4.79 Å². The Labute approximate surface area is 128 Å². The smallest absolute Gasteiger partial charge is 0.228 e. The van der Waals surface area contributed by atoms with Gasteiger partial charge < -0.3 is 15.2 Å². The monoisotopic (exact) mass is 305 g/mol. The van der Waals surface area contributed by atoms with E-state index >= 15 is 0 Å². The first-order valence-corrected chi connectivity index (χ1v) is 6.94. The van der Waals surface area contributed by atoms with E-state index in [1.807, 2.05) is 18.2 Å². The molecule has 2 aromatic rings. The molecule has 2 aromatic carbocycles. The Morgan fingerprint density at radius 2 is 1.86 bits per heavy atom. The molecule has 5 heteroatoms. The van der Waals surface area contributed by atoms with Crippen LogP contribution in [0.5, 0.6) is 5.75 Å². The van der Waals surface area contributed by atoms with E-state index in [0.29, 0.717) is 16.5 Å². The third-order valence-corrected chi connectivity index (χ3v) is 3.18. The molecule has 4 nitrogen and oxygen atoms in total. The third kappa shape index (κ3) is 4.77. The number of carbonyl (C=O) groups is 1. The van der Waals surface area contributed by atoms with E-state index in [-0.39, 0.29) is 25.5 Å². The number of rotatable bonds is 6. The lowest BCUT2D eigenvalue weighted by molar-refractivity contribution is -0.115. The number of aliphatic hydroxyl groups is 1. The number of benzene rings is 2. The van der Waals surface area contributed by atoms with E-state index in [2.05, 4.69) is 5.32 Å². The maximum absolute atomic E-state index is 12.0. The molecule has 0 heterocycles. The summed E-state index contributed by atoms with van der Waals surface area (Å²) in [6, 6.07) is 14.2. The molecular formula is C16H16ClNO3. The molecule has 0 spiro atoms. The lowest BCUT2D eigenvalue weighted by Crippen LogP contribution is -2.14. The fourth-order valence-corrected chi connectivity index (χ4v) is 2.02. The minimum Gasteiger partial charge on any atom is -0.491 e. The van der Waals surface area contributed by atoms with Gasteiger partial charge in [0.25, 0.3) is 0 Å². The second-order valence-corrected chi connectivity index (χ2v) is 4.82. The zero-order valence-corrected chi connectivity index (χ0v) is 12.1. The molecule has 21 heavy (non-hydrogen) atoms. The molecule has 110 valence electrons. The molecule has 0 aliphatic rings. The van der Waals surface area contributed by atoms with Crippen molar-refractivity contribution in [3.63, 3.8) is 0 Å². The van der Waals surface area contributed by atoms with Crippen molar-refractivity contribution in [3.05, 3.63) is 59.1 Å². The van der Waals surface area contributed by atoms with Gasteiger partial charge in [0.2, 0.25) is 5.91 Å². The van der Waals surface area contributed by atoms with E-state index < -0.39 is 0 Å². The van der Waals surface area contributed by atoms with Gasteiger partial charge in [-0.2, -0.15) is 0 Å².